The van der Waals surface area contributed by atoms with Gasteiger partial charge in [0.25, 0.3) is 5.91 Å². The van der Waals surface area contributed by atoms with Crippen molar-refractivity contribution in [2.75, 3.05) is 11.4 Å². The maximum Gasteiger partial charge on any atom is 0.292 e. The molecule has 2 N–H and O–H groups in total. The summed E-state index contributed by atoms with van der Waals surface area (Å²) in [5, 5.41) is 1.84. The average molecular weight is 231 g/mol. The number of imide groups is 1. The molecule has 4 heteroatoms. The fourth-order valence-electron chi connectivity index (χ4n) is 1.95. The van der Waals surface area contributed by atoms with Crippen molar-refractivity contribution in [2.24, 2.45) is 0 Å². The molecule has 0 radical (unpaired) electrons. The van der Waals surface area contributed by atoms with Gasteiger partial charge in [-0.2, -0.15) is 0 Å². The summed E-state index contributed by atoms with van der Waals surface area (Å²) >= 11 is 0. The quantitative estimate of drug-likeness (QED) is 0.589. The molecule has 1 aromatic carbocycles. The SMILES string of the molecule is C=CC[NH2+][C@H]1CC(=O)N(c2ccccc2)C1=O. The van der Waals surface area contributed by atoms with Crippen molar-refractivity contribution in [3.8, 4) is 0 Å². The minimum absolute atomic E-state index is 0.133. The second-order valence-electron chi connectivity index (χ2n) is 3.97. The minimum Gasteiger partial charge on any atom is -0.332 e. The van der Waals surface area contributed by atoms with Crippen LogP contribution in [0.5, 0.6) is 0 Å². The van der Waals surface area contributed by atoms with Gasteiger partial charge >= 0.3 is 0 Å². The van der Waals surface area contributed by atoms with E-state index < -0.39 is 0 Å². The van der Waals surface area contributed by atoms with E-state index in [4.69, 9.17) is 0 Å². The van der Waals surface area contributed by atoms with Crippen molar-refractivity contribution in [1.82, 2.24) is 0 Å². The van der Waals surface area contributed by atoms with E-state index in [1.807, 2.05) is 23.5 Å². The summed E-state index contributed by atoms with van der Waals surface area (Å²) in [6, 6.07) is 8.72. The Hall–Kier alpha value is -1.94. The van der Waals surface area contributed by atoms with E-state index in [1.165, 1.54) is 4.90 Å². The Kier molecular flexibility index (Phi) is 3.35. The normalized spacial score (nSPS) is 19.8. The Morgan fingerprint density at radius 3 is 2.71 bits per heavy atom. The molecule has 0 aliphatic carbocycles. The van der Waals surface area contributed by atoms with Crippen LogP contribution >= 0.6 is 0 Å². The molecule has 1 heterocycles. The lowest BCUT2D eigenvalue weighted by atomic mass is 10.2. The van der Waals surface area contributed by atoms with E-state index in [9.17, 15) is 9.59 Å². The van der Waals surface area contributed by atoms with Gasteiger partial charge in [-0.05, 0) is 18.2 Å². The van der Waals surface area contributed by atoms with Gasteiger partial charge in [0.2, 0.25) is 5.91 Å². The molecule has 0 bridgehead atoms. The summed E-state index contributed by atoms with van der Waals surface area (Å²) in [6.07, 6.45) is 1.99. The Labute approximate surface area is 99.9 Å². The van der Waals surface area contributed by atoms with Gasteiger partial charge in [-0.1, -0.05) is 24.8 Å². The van der Waals surface area contributed by atoms with Crippen molar-refractivity contribution >= 4 is 17.5 Å². The third kappa shape index (κ3) is 2.26. The largest absolute Gasteiger partial charge is 0.332 e. The number of nitrogens with zero attached hydrogens (tertiary/aromatic N) is 1. The second kappa shape index (κ2) is 4.93. The highest BCUT2D eigenvalue weighted by atomic mass is 16.2. The lowest BCUT2D eigenvalue weighted by molar-refractivity contribution is -0.666. The number of hydrogen-bond donors (Lipinski definition) is 1. The molecule has 1 fully saturated rings. The molecular weight excluding hydrogens is 216 g/mol. The minimum atomic E-state index is -0.305. The third-order valence-corrected chi connectivity index (χ3v) is 2.78. The second-order valence-corrected chi connectivity index (χ2v) is 3.97. The van der Waals surface area contributed by atoms with Crippen molar-refractivity contribution in [3.05, 3.63) is 43.0 Å². The van der Waals surface area contributed by atoms with Crippen LogP contribution in [0, 0.1) is 0 Å². The fourth-order valence-corrected chi connectivity index (χ4v) is 1.95. The monoisotopic (exact) mass is 231 g/mol. The molecule has 0 spiro atoms. The number of rotatable bonds is 4. The van der Waals surface area contributed by atoms with E-state index in [2.05, 4.69) is 6.58 Å². The molecule has 1 aromatic rings. The van der Waals surface area contributed by atoms with Crippen LogP contribution in [-0.4, -0.2) is 24.4 Å². The van der Waals surface area contributed by atoms with Gasteiger partial charge in [-0.15, -0.1) is 0 Å². The number of quaternary nitrogens is 1. The summed E-state index contributed by atoms with van der Waals surface area (Å²) in [7, 11) is 0. The first kappa shape index (κ1) is 11.5. The van der Waals surface area contributed by atoms with Gasteiger partial charge in [-0.3, -0.25) is 9.59 Å². The highest BCUT2D eigenvalue weighted by molar-refractivity contribution is 6.21. The Morgan fingerprint density at radius 1 is 1.35 bits per heavy atom. The Balaban J connectivity index is 2.17. The molecule has 2 rings (SSSR count). The van der Waals surface area contributed by atoms with Crippen molar-refractivity contribution in [2.45, 2.75) is 12.5 Å². The lowest BCUT2D eigenvalue weighted by Gasteiger charge is -2.13. The number of carbonyl (C=O) groups excluding carboxylic acids is 2. The maximum atomic E-state index is 12.1. The van der Waals surface area contributed by atoms with Crippen LogP contribution in [0.2, 0.25) is 0 Å². The molecule has 0 aromatic heterocycles. The highest BCUT2D eigenvalue weighted by Gasteiger charge is 2.41. The molecular formula is C13H15N2O2+. The van der Waals surface area contributed by atoms with Crippen LogP contribution in [0.3, 0.4) is 0 Å². The zero-order chi connectivity index (χ0) is 12.3. The van der Waals surface area contributed by atoms with E-state index in [0.717, 1.165) is 0 Å². The number of para-hydroxylation sites is 1. The van der Waals surface area contributed by atoms with Gasteiger partial charge in [0.15, 0.2) is 6.04 Å². The first-order valence-corrected chi connectivity index (χ1v) is 5.60. The molecule has 1 atom stereocenters. The highest BCUT2D eigenvalue weighted by Crippen LogP contribution is 2.20. The number of hydrogen-bond acceptors (Lipinski definition) is 2. The lowest BCUT2D eigenvalue weighted by Crippen LogP contribution is -2.91. The van der Waals surface area contributed by atoms with Gasteiger partial charge in [0, 0.05) is 0 Å². The molecule has 2 amide bonds. The molecule has 0 unspecified atom stereocenters. The number of anilines is 1. The van der Waals surface area contributed by atoms with Crippen molar-refractivity contribution in [3.63, 3.8) is 0 Å². The summed E-state index contributed by atoms with van der Waals surface area (Å²) in [6.45, 7) is 4.25. The predicted molar refractivity (Wildman–Crippen MR) is 64.3 cm³/mol. The summed E-state index contributed by atoms with van der Waals surface area (Å²) < 4.78 is 0. The molecule has 1 saturated heterocycles. The zero-order valence-electron chi connectivity index (χ0n) is 9.50. The topological polar surface area (TPSA) is 54.0 Å². The van der Waals surface area contributed by atoms with E-state index in [-0.39, 0.29) is 24.3 Å². The third-order valence-electron chi connectivity index (χ3n) is 2.78. The van der Waals surface area contributed by atoms with Crippen LogP contribution < -0.4 is 10.2 Å². The zero-order valence-corrected chi connectivity index (χ0v) is 9.50. The van der Waals surface area contributed by atoms with Gasteiger partial charge < -0.3 is 5.32 Å². The standard InChI is InChI=1S/C13H14N2O2/c1-2-8-14-11-9-12(16)15(13(11)17)10-6-4-3-5-7-10/h2-7,11,14H,1,8-9H2/p+1/t11-/m0/s1. The van der Waals surface area contributed by atoms with Gasteiger partial charge in [0.1, 0.15) is 0 Å². The Bertz CT molecular complexity index is 442. The number of carbonyl (C=O) groups is 2. The maximum absolute atomic E-state index is 12.1. The molecule has 1 aliphatic rings. The van der Waals surface area contributed by atoms with Crippen molar-refractivity contribution in [1.29, 1.82) is 0 Å². The van der Waals surface area contributed by atoms with Crippen LogP contribution in [0.25, 0.3) is 0 Å². The molecule has 88 valence electrons. The predicted octanol–water partition coefficient (Wildman–Crippen LogP) is 0.0679. The van der Waals surface area contributed by atoms with Gasteiger partial charge in [-0.25, -0.2) is 4.90 Å². The van der Waals surface area contributed by atoms with Crippen LogP contribution in [0.15, 0.2) is 43.0 Å². The summed E-state index contributed by atoms with van der Waals surface area (Å²) in [5.41, 5.74) is 0.650. The molecule has 4 nitrogen and oxygen atoms in total. The molecule has 0 saturated carbocycles. The smallest absolute Gasteiger partial charge is 0.292 e. The van der Waals surface area contributed by atoms with Crippen LogP contribution in [0.4, 0.5) is 5.69 Å². The van der Waals surface area contributed by atoms with E-state index in [1.54, 1.807) is 18.2 Å². The van der Waals surface area contributed by atoms with Crippen molar-refractivity contribution < 1.29 is 14.9 Å². The first-order valence-electron chi connectivity index (χ1n) is 5.60. The van der Waals surface area contributed by atoms with Crippen LogP contribution in [-0.2, 0) is 9.59 Å². The average Bonchev–Trinajstić information content (AvgIpc) is 2.63. The summed E-state index contributed by atoms with van der Waals surface area (Å²) in [4.78, 5) is 25.1. The van der Waals surface area contributed by atoms with E-state index >= 15 is 0 Å². The van der Waals surface area contributed by atoms with Crippen LogP contribution in [0.1, 0.15) is 6.42 Å². The van der Waals surface area contributed by atoms with E-state index in [0.29, 0.717) is 12.2 Å². The molecule has 17 heavy (non-hydrogen) atoms. The number of benzene rings is 1. The van der Waals surface area contributed by atoms with Gasteiger partial charge in [0.05, 0.1) is 18.7 Å². The number of nitrogens with two attached hydrogens (primary N) is 1. The first-order chi connectivity index (χ1) is 8.24. The Morgan fingerprint density at radius 2 is 2.06 bits per heavy atom. The number of amides is 2. The molecule has 1 aliphatic heterocycles. The fraction of sp³-hybridized carbons (Fsp3) is 0.231. The summed E-state index contributed by atoms with van der Waals surface area (Å²) in [5.74, 6) is -0.269.